The van der Waals surface area contributed by atoms with Gasteiger partial charge in [0.05, 0.1) is 11.3 Å². The summed E-state index contributed by atoms with van der Waals surface area (Å²) < 4.78 is 5.07. The Morgan fingerprint density at radius 2 is 1.83 bits per heavy atom. The summed E-state index contributed by atoms with van der Waals surface area (Å²) in [7, 11) is 0. The van der Waals surface area contributed by atoms with Gasteiger partial charge in [-0.1, -0.05) is 11.2 Å². The van der Waals surface area contributed by atoms with Crippen molar-refractivity contribution in [1.29, 1.82) is 0 Å². The zero-order valence-corrected chi connectivity index (χ0v) is 9.45. The van der Waals surface area contributed by atoms with E-state index in [-0.39, 0.29) is 5.88 Å². The van der Waals surface area contributed by atoms with E-state index in [9.17, 15) is 0 Å². The van der Waals surface area contributed by atoms with E-state index in [4.69, 9.17) is 10.3 Å². The quantitative estimate of drug-likeness (QED) is 0.741. The van der Waals surface area contributed by atoms with Gasteiger partial charge in [0.15, 0.2) is 0 Å². The van der Waals surface area contributed by atoms with Crippen LogP contribution in [0.25, 0.3) is 22.5 Å². The smallest absolute Gasteiger partial charge is 0.232 e. The van der Waals surface area contributed by atoms with Crippen LogP contribution >= 0.6 is 0 Å². The van der Waals surface area contributed by atoms with Crippen LogP contribution in [0.15, 0.2) is 53.4 Å². The van der Waals surface area contributed by atoms with Crippen molar-refractivity contribution >= 4 is 5.88 Å². The van der Waals surface area contributed by atoms with Gasteiger partial charge >= 0.3 is 0 Å². The van der Waals surface area contributed by atoms with E-state index in [0.717, 1.165) is 11.3 Å². The standard InChI is InChI=1S/C13H10N4O/c14-13-11(10-3-1-2-6-16-10)12(17-18-13)9-4-7-15-8-5-9/h1-8H,14H2. The van der Waals surface area contributed by atoms with Crippen molar-refractivity contribution in [3.05, 3.63) is 48.9 Å². The van der Waals surface area contributed by atoms with Gasteiger partial charge in [0.1, 0.15) is 5.69 Å². The first-order valence-corrected chi connectivity index (χ1v) is 5.43. The van der Waals surface area contributed by atoms with E-state index in [2.05, 4.69) is 15.1 Å². The Hall–Kier alpha value is -2.69. The summed E-state index contributed by atoms with van der Waals surface area (Å²) in [5, 5.41) is 3.99. The van der Waals surface area contributed by atoms with Gasteiger partial charge in [0.25, 0.3) is 0 Å². The van der Waals surface area contributed by atoms with Gasteiger partial charge in [-0.15, -0.1) is 0 Å². The van der Waals surface area contributed by atoms with Crippen LogP contribution in [0.3, 0.4) is 0 Å². The molecule has 0 aromatic carbocycles. The third-order valence-electron chi connectivity index (χ3n) is 2.59. The van der Waals surface area contributed by atoms with Crippen LogP contribution in [0.2, 0.25) is 0 Å². The Balaban J connectivity index is 2.19. The molecule has 0 atom stereocenters. The van der Waals surface area contributed by atoms with Gasteiger partial charge in [0.2, 0.25) is 5.88 Å². The fraction of sp³-hybridized carbons (Fsp3) is 0. The number of hydrogen-bond acceptors (Lipinski definition) is 5. The molecule has 0 amide bonds. The molecule has 0 radical (unpaired) electrons. The molecule has 0 aliphatic heterocycles. The average Bonchev–Trinajstić information content (AvgIpc) is 2.83. The van der Waals surface area contributed by atoms with E-state index in [1.54, 1.807) is 18.6 Å². The maximum Gasteiger partial charge on any atom is 0.232 e. The highest BCUT2D eigenvalue weighted by molar-refractivity contribution is 5.84. The SMILES string of the molecule is Nc1onc(-c2ccncc2)c1-c1ccccn1. The molecule has 0 bridgehead atoms. The molecule has 0 saturated heterocycles. The highest BCUT2D eigenvalue weighted by Gasteiger charge is 2.17. The second-order valence-corrected chi connectivity index (χ2v) is 3.72. The Morgan fingerprint density at radius 3 is 2.56 bits per heavy atom. The van der Waals surface area contributed by atoms with Crippen molar-refractivity contribution in [3.63, 3.8) is 0 Å². The molecule has 5 nitrogen and oxygen atoms in total. The summed E-state index contributed by atoms with van der Waals surface area (Å²) in [6.07, 6.45) is 5.10. The number of hydrogen-bond donors (Lipinski definition) is 1. The number of nitrogens with two attached hydrogens (primary N) is 1. The van der Waals surface area contributed by atoms with E-state index in [1.807, 2.05) is 30.3 Å². The molecule has 5 heteroatoms. The first kappa shape index (κ1) is 10.5. The number of nitrogen functional groups attached to an aromatic ring is 1. The van der Waals surface area contributed by atoms with Crippen molar-refractivity contribution in [2.24, 2.45) is 0 Å². The molecule has 0 aliphatic rings. The van der Waals surface area contributed by atoms with Crippen molar-refractivity contribution in [1.82, 2.24) is 15.1 Å². The van der Waals surface area contributed by atoms with Crippen molar-refractivity contribution < 1.29 is 4.52 Å². The van der Waals surface area contributed by atoms with Crippen LogP contribution in [-0.2, 0) is 0 Å². The third-order valence-corrected chi connectivity index (χ3v) is 2.59. The van der Waals surface area contributed by atoms with Crippen LogP contribution in [0.5, 0.6) is 0 Å². The minimum absolute atomic E-state index is 0.264. The molecular weight excluding hydrogens is 228 g/mol. The number of nitrogens with zero attached hydrogens (tertiary/aromatic N) is 3. The minimum atomic E-state index is 0.264. The summed E-state index contributed by atoms with van der Waals surface area (Å²) in [4.78, 5) is 8.25. The zero-order chi connectivity index (χ0) is 12.4. The predicted octanol–water partition coefficient (Wildman–Crippen LogP) is 2.38. The molecule has 0 fully saturated rings. The normalized spacial score (nSPS) is 10.4. The number of anilines is 1. The molecule has 3 heterocycles. The van der Waals surface area contributed by atoms with Gasteiger partial charge in [-0.05, 0) is 24.3 Å². The van der Waals surface area contributed by atoms with Gasteiger partial charge < -0.3 is 10.3 Å². The van der Waals surface area contributed by atoms with Gasteiger partial charge in [0, 0.05) is 24.2 Å². The van der Waals surface area contributed by atoms with E-state index >= 15 is 0 Å². The number of aromatic nitrogens is 3. The van der Waals surface area contributed by atoms with E-state index in [1.165, 1.54) is 0 Å². The highest BCUT2D eigenvalue weighted by atomic mass is 16.5. The molecule has 0 aliphatic carbocycles. The summed E-state index contributed by atoms with van der Waals surface area (Å²) in [6, 6.07) is 9.31. The fourth-order valence-corrected chi connectivity index (χ4v) is 1.77. The molecule has 3 aromatic rings. The molecule has 2 N–H and O–H groups in total. The maximum atomic E-state index is 5.83. The molecule has 0 spiro atoms. The van der Waals surface area contributed by atoms with Crippen molar-refractivity contribution in [2.45, 2.75) is 0 Å². The van der Waals surface area contributed by atoms with Crippen molar-refractivity contribution in [3.8, 4) is 22.5 Å². The van der Waals surface area contributed by atoms with Crippen LogP contribution in [0.1, 0.15) is 0 Å². The van der Waals surface area contributed by atoms with Gasteiger partial charge in [-0.3, -0.25) is 9.97 Å². The Kier molecular flexibility index (Phi) is 2.49. The summed E-state index contributed by atoms with van der Waals surface area (Å²) in [6.45, 7) is 0. The monoisotopic (exact) mass is 238 g/mol. The number of rotatable bonds is 2. The van der Waals surface area contributed by atoms with Crippen LogP contribution in [0.4, 0.5) is 5.88 Å². The van der Waals surface area contributed by atoms with Gasteiger partial charge in [-0.25, -0.2) is 0 Å². The first-order chi connectivity index (χ1) is 8.86. The summed E-state index contributed by atoms with van der Waals surface area (Å²) >= 11 is 0. The Labute approximate surface area is 103 Å². The average molecular weight is 238 g/mol. The molecule has 3 rings (SSSR count). The molecule has 3 aromatic heterocycles. The lowest BCUT2D eigenvalue weighted by molar-refractivity contribution is 0.439. The Bertz CT molecular complexity index is 649. The molecular formula is C13H10N4O. The molecule has 88 valence electrons. The number of pyridine rings is 2. The Morgan fingerprint density at radius 1 is 1.00 bits per heavy atom. The molecule has 18 heavy (non-hydrogen) atoms. The van der Waals surface area contributed by atoms with E-state index in [0.29, 0.717) is 11.3 Å². The van der Waals surface area contributed by atoms with Crippen LogP contribution < -0.4 is 5.73 Å². The maximum absolute atomic E-state index is 5.83. The predicted molar refractivity (Wildman–Crippen MR) is 67.4 cm³/mol. The summed E-state index contributed by atoms with van der Waals surface area (Å²) in [5.41, 5.74) is 8.84. The zero-order valence-electron chi connectivity index (χ0n) is 9.45. The highest BCUT2D eigenvalue weighted by Crippen LogP contribution is 2.34. The first-order valence-electron chi connectivity index (χ1n) is 5.43. The molecule has 0 saturated carbocycles. The lowest BCUT2D eigenvalue weighted by Crippen LogP contribution is -1.89. The molecule has 0 unspecified atom stereocenters. The lowest BCUT2D eigenvalue weighted by atomic mass is 10.1. The van der Waals surface area contributed by atoms with Gasteiger partial charge in [-0.2, -0.15) is 0 Å². The van der Waals surface area contributed by atoms with Crippen LogP contribution in [-0.4, -0.2) is 15.1 Å². The largest absolute Gasteiger partial charge is 0.367 e. The second-order valence-electron chi connectivity index (χ2n) is 3.72. The van der Waals surface area contributed by atoms with E-state index < -0.39 is 0 Å². The minimum Gasteiger partial charge on any atom is -0.367 e. The third kappa shape index (κ3) is 1.71. The van der Waals surface area contributed by atoms with Crippen molar-refractivity contribution in [2.75, 3.05) is 5.73 Å². The van der Waals surface area contributed by atoms with Crippen LogP contribution in [0, 0.1) is 0 Å². The lowest BCUT2D eigenvalue weighted by Gasteiger charge is -2.01. The topological polar surface area (TPSA) is 77.8 Å². The second kappa shape index (κ2) is 4.29. The fourth-order valence-electron chi connectivity index (χ4n) is 1.77. The summed E-state index contributed by atoms with van der Waals surface area (Å²) in [5.74, 6) is 0.264.